The number of carboxylic acid groups (broad SMARTS) is 1. The van der Waals surface area contributed by atoms with E-state index in [0.29, 0.717) is 0 Å². The summed E-state index contributed by atoms with van der Waals surface area (Å²) in [5.74, 6) is -1.67. The highest BCUT2D eigenvalue weighted by atomic mass is 32.1. The minimum atomic E-state index is -1.51. The van der Waals surface area contributed by atoms with E-state index in [-0.39, 0.29) is 10.8 Å². The lowest BCUT2D eigenvalue weighted by Gasteiger charge is -2.24. The molecule has 0 aromatic heterocycles. The van der Waals surface area contributed by atoms with Gasteiger partial charge in [-0.15, -0.1) is 0 Å². The summed E-state index contributed by atoms with van der Waals surface area (Å²) in [5.41, 5.74) is -1.51. The van der Waals surface area contributed by atoms with Gasteiger partial charge in [-0.05, 0) is 19.8 Å². The van der Waals surface area contributed by atoms with Gasteiger partial charge < -0.3 is 5.11 Å². The molecule has 0 radical (unpaired) electrons. The number of hydrogen-bond donors (Lipinski definition) is 1. The fraction of sp³-hybridized carbons (Fsp3) is 0.667. The third-order valence-electron chi connectivity index (χ3n) is 2.15. The van der Waals surface area contributed by atoms with Gasteiger partial charge in [0, 0.05) is 4.86 Å². The van der Waals surface area contributed by atoms with E-state index in [1.54, 1.807) is 13.8 Å². The number of hydrogen-bond acceptors (Lipinski definition) is 3. The van der Waals surface area contributed by atoms with Gasteiger partial charge in [-0.3, -0.25) is 9.59 Å². The zero-order chi connectivity index (χ0) is 10.8. The van der Waals surface area contributed by atoms with E-state index in [1.165, 1.54) is 13.8 Å². The number of aliphatic carboxylic acids is 1. The third kappa shape index (κ3) is 2.12. The number of Topliss-reactive ketones (excluding diaryl/α,β-unsaturated/α-hetero) is 1. The summed E-state index contributed by atoms with van der Waals surface area (Å²) < 4.78 is 0. The molecule has 0 spiro atoms. The van der Waals surface area contributed by atoms with Crippen molar-refractivity contribution in [1.82, 2.24) is 0 Å². The zero-order valence-electron chi connectivity index (χ0n) is 8.25. The van der Waals surface area contributed by atoms with E-state index < -0.39 is 17.2 Å². The van der Waals surface area contributed by atoms with Crippen molar-refractivity contribution in [2.75, 3.05) is 0 Å². The third-order valence-corrected chi connectivity index (χ3v) is 3.03. The van der Waals surface area contributed by atoms with Crippen LogP contribution in [-0.4, -0.2) is 21.7 Å². The van der Waals surface area contributed by atoms with Crippen LogP contribution in [0.15, 0.2) is 0 Å². The normalized spacial score (nSPS) is 15.2. The number of thiocarbonyl (C=S) groups is 1. The van der Waals surface area contributed by atoms with Gasteiger partial charge in [0.2, 0.25) is 0 Å². The van der Waals surface area contributed by atoms with Crippen molar-refractivity contribution in [3.05, 3.63) is 0 Å². The largest absolute Gasteiger partial charge is 0.480 e. The predicted octanol–water partition coefficient (Wildman–Crippen LogP) is 1.69. The molecule has 0 aliphatic heterocycles. The van der Waals surface area contributed by atoms with Gasteiger partial charge in [0.15, 0.2) is 11.2 Å². The van der Waals surface area contributed by atoms with Crippen LogP contribution in [0.5, 0.6) is 0 Å². The molecule has 0 aromatic rings. The lowest BCUT2D eigenvalue weighted by molar-refractivity contribution is -0.148. The number of rotatable bonds is 4. The van der Waals surface area contributed by atoms with Crippen molar-refractivity contribution < 1.29 is 14.7 Å². The van der Waals surface area contributed by atoms with Crippen LogP contribution < -0.4 is 0 Å². The van der Waals surface area contributed by atoms with Crippen molar-refractivity contribution >= 4 is 28.8 Å². The Morgan fingerprint density at radius 1 is 1.38 bits per heavy atom. The summed E-state index contributed by atoms with van der Waals surface area (Å²) in [4.78, 5) is 22.4. The average molecular weight is 202 g/mol. The van der Waals surface area contributed by atoms with E-state index >= 15 is 0 Å². The van der Waals surface area contributed by atoms with E-state index in [1.807, 2.05) is 0 Å². The van der Waals surface area contributed by atoms with E-state index in [4.69, 9.17) is 17.3 Å². The summed E-state index contributed by atoms with van der Waals surface area (Å²) in [6.07, 6.45) is 0. The first-order valence-corrected chi connectivity index (χ1v) is 4.44. The fourth-order valence-corrected chi connectivity index (χ4v) is 1.24. The lowest BCUT2D eigenvalue weighted by Crippen LogP contribution is -2.43. The first-order valence-electron chi connectivity index (χ1n) is 4.03. The van der Waals surface area contributed by atoms with Gasteiger partial charge in [-0.1, -0.05) is 26.1 Å². The summed E-state index contributed by atoms with van der Waals surface area (Å²) in [6, 6.07) is 0. The molecule has 0 bridgehead atoms. The number of carbonyl (C=O) groups excluding carboxylic acids is 1. The standard InChI is InChI=1S/C9H14O3S/c1-5(2)7(13)9(4,6(3)10)8(11)12/h5H,1-4H3,(H,11,12). The molecule has 3 nitrogen and oxygen atoms in total. The van der Waals surface area contributed by atoms with E-state index in [2.05, 4.69) is 0 Å². The second kappa shape index (κ2) is 3.96. The fourth-order valence-electron chi connectivity index (χ4n) is 1.01. The van der Waals surface area contributed by atoms with Crippen LogP contribution in [-0.2, 0) is 9.59 Å². The monoisotopic (exact) mass is 202 g/mol. The molecule has 0 aliphatic carbocycles. The molecule has 0 saturated carbocycles. The Morgan fingerprint density at radius 3 is 1.85 bits per heavy atom. The first-order chi connectivity index (χ1) is 5.74. The van der Waals surface area contributed by atoms with Crippen LogP contribution in [0, 0.1) is 11.3 Å². The van der Waals surface area contributed by atoms with Gasteiger partial charge >= 0.3 is 5.97 Å². The molecule has 4 heteroatoms. The second-order valence-electron chi connectivity index (χ2n) is 3.51. The summed E-state index contributed by atoms with van der Waals surface area (Å²) in [7, 11) is 0. The van der Waals surface area contributed by atoms with E-state index in [0.717, 1.165) is 0 Å². The lowest BCUT2D eigenvalue weighted by atomic mass is 9.78. The second-order valence-corrected chi connectivity index (χ2v) is 3.95. The highest BCUT2D eigenvalue weighted by molar-refractivity contribution is 7.80. The predicted molar refractivity (Wildman–Crippen MR) is 53.9 cm³/mol. The van der Waals surface area contributed by atoms with E-state index in [9.17, 15) is 9.59 Å². The Bertz CT molecular complexity index is 242. The van der Waals surface area contributed by atoms with Crippen LogP contribution >= 0.6 is 12.2 Å². The molecule has 13 heavy (non-hydrogen) atoms. The molecule has 0 amide bonds. The SMILES string of the molecule is CC(=O)C(C)(C(=O)O)C(=S)C(C)C. The van der Waals surface area contributed by atoms with Crippen molar-refractivity contribution in [2.45, 2.75) is 27.7 Å². The molecular formula is C9H14O3S. The topological polar surface area (TPSA) is 54.4 Å². The van der Waals surface area contributed by atoms with Crippen molar-refractivity contribution in [2.24, 2.45) is 11.3 Å². The molecule has 74 valence electrons. The molecule has 1 N–H and O–H groups in total. The summed E-state index contributed by atoms with van der Waals surface area (Å²) >= 11 is 4.96. The van der Waals surface area contributed by atoms with Crippen molar-refractivity contribution in [1.29, 1.82) is 0 Å². The number of carboxylic acids is 1. The molecule has 0 aliphatic rings. The molecule has 1 atom stereocenters. The molecular weight excluding hydrogens is 188 g/mol. The van der Waals surface area contributed by atoms with Gasteiger partial charge in [0.25, 0.3) is 0 Å². The molecule has 0 heterocycles. The minimum Gasteiger partial charge on any atom is -0.480 e. The van der Waals surface area contributed by atoms with Gasteiger partial charge in [-0.2, -0.15) is 0 Å². The molecule has 0 saturated heterocycles. The van der Waals surface area contributed by atoms with Crippen molar-refractivity contribution in [3.63, 3.8) is 0 Å². The molecule has 0 aromatic carbocycles. The minimum absolute atomic E-state index is 0.0833. The Labute approximate surface area is 83.1 Å². The summed E-state index contributed by atoms with van der Waals surface area (Å²) in [5, 5.41) is 8.91. The van der Waals surface area contributed by atoms with Crippen LogP contribution in [0.2, 0.25) is 0 Å². The highest BCUT2D eigenvalue weighted by Gasteiger charge is 2.43. The maximum atomic E-state index is 11.2. The van der Waals surface area contributed by atoms with Crippen LogP contribution in [0.3, 0.4) is 0 Å². The molecule has 0 fully saturated rings. The maximum Gasteiger partial charge on any atom is 0.321 e. The average Bonchev–Trinajstić information content (AvgIpc) is 2.00. The highest BCUT2D eigenvalue weighted by Crippen LogP contribution is 2.25. The smallest absolute Gasteiger partial charge is 0.321 e. The van der Waals surface area contributed by atoms with Crippen LogP contribution in [0.1, 0.15) is 27.7 Å². The Balaban J connectivity index is 5.15. The Hall–Kier alpha value is -0.770. The Kier molecular flexibility index (Phi) is 3.72. The zero-order valence-corrected chi connectivity index (χ0v) is 9.07. The summed E-state index contributed by atoms with van der Waals surface area (Å²) in [6.45, 7) is 6.18. The quantitative estimate of drug-likeness (QED) is 0.557. The van der Waals surface area contributed by atoms with Gasteiger partial charge in [-0.25, -0.2) is 0 Å². The van der Waals surface area contributed by atoms with Gasteiger partial charge in [0.1, 0.15) is 0 Å². The van der Waals surface area contributed by atoms with Crippen LogP contribution in [0.4, 0.5) is 0 Å². The number of ketones is 1. The van der Waals surface area contributed by atoms with Crippen LogP contribution in [0.25, 0.3) is 0 Å². The molecule has 1 unspecified atom stereocenters. The Morgan fingerprint density at radius 2 is 1.77 bits per heavy atom. The maximum absolute atomic E-state index is 11.2. The van der Waals surface area contributed by atoms with Gasteiger partial charge in [0.05, 0.1) is 0 Å². The molecule has 0 rings (SSSR count). The number of carbonyl (C=O) groups is 2. The first kappa shape index (κ1) is 12.2. The van der Waals surface area contributed by atoms with Crippen molar-refractivity contribution in [3.8, 4) is 0 Å².